The van der Waals surface area contributed by atoms with Gasteiger partial charge in [0.1, 0.15) is 16.3 Å². The van der Waals surface area contributed by atoms with E-state index in [1.54, 1.807) is 6.92 Å². The number of β-amino-alcohol motifs (C(OH)–C–C–N with tert-alkyl or cyclic N) is 1. The molecule has 5 aromatic rings. The summed E-state index contributed by atoms with van der Waals surface area (Å²) in [7, 11) is -4.97. The van der Waals surface area contributed by atoms with Crippen LogP contribution in [0.15, 0.2) is 104 Å². The van der Waals surface area contributed by atoms with Crippen LogP contribution in [0.5, 0.6) is 5.75 Å². The molecule has 0 unspecified atom stereocenters. The van der Waals surface area contributed by atoms with Gasteiger partial charge in [0.05, 0.1) is 46.7 Å². The van der Waals surface area contributed by atoms with E-state index in [1.807, 2.05) is 24.3 Å². The van der Waals surface area contributed by atoms with Gasteiger partial charge >= 0.3 is 0 Å². The van der Waals surface area contributed by atoms with Crippen LogP contribution in [-0.2, 0) is 16.7 Å². The van der Waals surface area contributed by atoms with Gasteiger partial charge in [0.2, 0.25) is 0 Å². The third-order valence-electron chi connectivity index (χ3n) is 8.73. The number of aryl methyl sites for hydroxylation is 2. The summed E-state index contributed by atoms with van der Waals surface area (Å²) in [4.78, 5) is 28.0. The van der Waals surface area contributed by atoms with Crippen molar-refractivity contribution in [3.8, 4) is 5.75 Å². The summed E-state index contributed by atoms with van der Waals surface area (Å²) < 4.78 is 35.1. The van der Waals surface area contributed by atoms with Crippen molar-refractivity contribution in [2.24, 2.45) is 20.5 Å². The van der Waals surface area contributed by atoms with Crippen molar-refractivity contribution >= 4 is 66.8 Å². The molecule has 15 heteroatoms. The van der Waals surface area contributed by atoms with Crippen molar-refractivity contribution in [3.05, 3.63) is 107 Å². The summed E-state index contributed by atoms with van der Waals surface area (Å²) >= 11 is 0. The van der Waals surface area contributed by atoms with Gasteiger partial charge in [-0.05, 0) is 85.8 Å². The van der Waals surface area contributed by atoms with Gasteiger partial charge in [-0.3, -0.25) is 19.0 Å². The number of rotatable bonds is 11. The molecule has 0 radical (unpaired) electrons. The number of anilines is 2. The highest BCUT2D eigenvalue weighted by molar-refractivity contribution is 7.86. The van der Waals surface area contributed by atoms with Crippen molar-refractivity contribution in [1.29, 1.82) is 0 Å². The molecule has 0 saturated heterocycles. The van der Waals surface area contributed by atoms with E-state index in [0.717, 1.165) is 28.8 Å². The molecule has 266 valence electrons. The van der Waals surface area contributed by atoms with Crippen LogP contribution in [0.25, 0.3) is 10.8 Å². The number of benzene rings is 5. The third-order valence-corrected chi connectivity index (χ3v) is 9.60. The fraction of sp³-hybridized carbons (Fsp3) is 0.189. The smallest absolute Gasteiger partial charge is 0.296 e. The fourth-order valence-corrected chi connectivity index (χ4v) is 6.71. The van der Waals surface area contributed by atoms with Crippen molar-refractivity contribution in [2.75, 3.05) is 30.3 Å². The molecule has 0 fully saturated rings. The van der Waals surface area contributed by atoms with Gasteiger partial charge in [-0.1, -0.05) is 35.9 Å². The van der Waals surface area contributed by atoms with Gasteiger partial charge in [0, 0.05) is 18.8 Å². The van der Waals surface area contributed by atoms with Crippen LogP contribution in [0.1, 0.15) is 44.3 Å². The summed E-state index contributed by atoms with van der Waals surface area (Å²) in [6.45, 7) is 6.66. The average molecular weight is 722 g/mol. The van der Waals surface area contributed by atoms with Crippen LogP contribution in [0.3, 0.4) is 0 Å². The van der Waals surface area contributed by atoms with E-state index >= 15 is 0 Å². The monoisotopic (exact) mass is 721 g/mol. The molecular formula is C37H35N7O7S. The number of aliphatic hydroxyl groups excluding tert-OH is 1. The second-order valence-corrected chi connectivity index (χ2v) is 13.6. The molecule has 6 rings (SSSR count). The van der Waals surface area contributed by atoms with Crippen LogP contribution < -0.4 is 10.6 Å². The van der Waals surface area contributed by atoms with Crippen LogP contribution in [0.2, 0.25) is 0 Å². The van der Waals surface area contributed by atoms with E-state index in [0.29, 0.717) is 17.8 Å². The number of imide groups is 1. The Morgan fingerprint density at radius 3 is 2.21 bits per heavy atom. The first-order valence-corrected chi connectivity index (χ1v) is 17.7. The number of nitrogens with zero attached hydrogens (tertiary/aromatic N) is 6. The number of azo groups is 2. The molecule has 52 heavy (non-hydrogen) atoms. The Labute approximate surface area is 299 Å². The average Bonchev–Trinajstić information content (AvgIpc) is 3.35. The molecule has 14 nitrogen and oxygen atoms in total. The number of nitrogens with two attached hydrogens (primary N) is 1. The van der Waals surface area contributed by atoms with Crippen molar-refractivity contribution < 1.29 is 32.8 Å². The van der Waals surface area contributed by atoms with Crippen LogP contribution in [0.4, 0.5) is 34.1 Å². The lowest BCUT2D eigenvalue weighted by atomic mass is 10.0. The lowest BCUT2D eigenvalue weighted by Crippen LogP contribution is -2.32. The Kier molecular flexibility index (Phi) is 9.84. The molecule has 0 spiro atoms. The molecule has 0 aliphatic carbocycles. The SMILES string of the molecule is CCN(Cc1ccc(N=Nc2c(C)cc3cc(S(=O)(=O)O)c(N=Nc4cccc5c4C(=O)N(CCO)C5=O)c(O)c3c2N)cc1)c1ccc(C)cc1. The van der Waals surface area contributed by atoms with Crippen molar-refractivity contribution in [2.45, 2.75) is 32.2 Å². The number of amides is 2. The zero-order chi connectivity index (χ0) is 37.3. The van der Waals surface area contributed by atoms with Crippen molar-refractivity contribution in [1.82, 2.24) is 4.90 Å². The van der Waals surface area contributed by atoms with Gasteiger partial charge in [-0.15, -0.1) is 15.3 Å². The van der Waals surface area contributed by atoms with E-state index in [4.69, 9.17) is 5.73 Å². The molecule has 0 saturated carbocycles. The number of phenols is 1. The number of carbonyl (C=O) groups is 2. The zero-order valence-corrected chi connectivity index (χ0v) is 29.3. The first kappa shape index (κ1) is 35.8. The normalized spacial score (nSPS) is 13.2. The first-order valence-electron chi connectivity index (χ1n) is 16.2. The van der Waals surface area contributed by atoms with E-state index < -0.39 is 44.9 Å². The quantitative estimate of drug-likeness (QED) is 0.0461. The predicted octanol–water partition coefficient (Wildman–Crippen LogP) is 7.44. The Balaban J connectivity index is 1.34. The van der Waals surface area contributed by atoms with E-state index in [9.17, 15) is 32.8 Å². The molecule has 0 aromatic heterocycles. The molecule has 1 aliphatic heterocycles. The second-order valence-electron chi connectivity index (χ2n) is 12.2. The van der Waals surface area contributed by atoms with Gasteiger partial charge in [0.15, 0.2) is 5.75 Å². The van der Waals surface area contributed by atoms with Crippen molar-refractivity contribution in [3.63, 3.8) is 0 Å². The van der Waals surface area contributed by atoms with E-state index in [2.05, 4.69) is 63.5 Å². The standard InChI is InChI=1S/C37H35N7O7S/c1-4-43(26-14-8-21(2)9-15-26)20-23-10-12-25(13-11-23)39-41-33-22(3)18-24-19-29(52(49,50)51)34(35(46)30(24)32(33)38)42-40-28-7-5-6-27-31(28)37(48)44(16-17-45)36(27)47/h5-15,18-19,45-46H,4,16-17,20,38H2,1-3H3,(H,49,50,51). The number of carbonyl (C=O) groups excluding carboxylic acids is 2. The maximum atomic E-state index is 13.0. The Morgan fingerprint density at radius 1 is 0.865 bits per heavy atom. The predicted molar refractivity (Wildman–Crippen MR) is 196 cm³/mol. The first-order chi connectivity index (χ1) is 24.8. The van der Waals surface area contributed by atoms with Crippen LogP contribution in [0, 0.1) is 13.8 Å². The fourth-order valence-electron chi connectivity index (χ4n) is 6.05. The molecule has 5 N–H and O–H groups in total. The van der Waals surface area contributed by atoms with Gasteiger partial charge < -0.3 is 20.8 Å². The van der Waals surface area contributed by atoms with E-state index in [1.165, 1.54) is 29.8 Å². The minimum absolute atomic E-state index is 0.0159. The Bertz CT molecular complexity index is 2400. The van der Waals surface area contributed by atoms with E-state index in [-0.39, 0.29) is 45.5 Å². The van der Waals surface area contributed by atoms with Crippen LogP contribution in [-0.4, -0.2) is 59.6 Å². The largest absolute Gasteiger partial charge is 0.505 e. The highest BCUT2D eigenvalue weighted by atomic mass is 32.2. The zero-order valence-electron chi connectivity index (χ0n) is 28.5. The number of fused-ring (bicyclic) bond motifs is 2. The highest BCUT2D eigenvalue weighted by Gasteiger charge is 2.37. The molecule has 1 heterocycles. The molecule has 0 bridgehead atoms. The van der Waals surface area contributed by atoms with Gasteiger partial charge in [-0.25, -0.2) is 0 Å². The topological polar surface area (TPSA) is 211 Å². The summed E-state index contributed by atoms with van der Waals surface area (Å²) in [5, 5.41) is 37.5. The minimum atomic E-state index is -4.97. The summed E-state index contributed by atoms with van der Waals surface area (Å²) in [6.07, 6.45) is 0. The number of aliphatic hydroxyl groups is 1. The highest BCUT2D eigenvalue weighted by Crippen LogP contribution is 2.47. The summed E-state index contributed by atoms with van der Waals surface area (Å²) in [5.41, 5.74) is 10.3. The minimum Gasteiger partial charge on any atom is -0.505 e. The lowest BCUT2D eigenvalue weighted by Gasteiger charge is -2.23. The number of hydrogen-bond donors (Lipinski definition) is 4. The number of phenolic OH excluding ortho intramolecular Hbond substituents is 1. The van der Waals surface area contributed by atoms with Crippen LogP contribution >= 0.6 is 0 Å². The molecule has 1 aliphatic rings. The van der Waals surface area contributed by atoms with Gasteiger partial charge in [0.25, 0.3) is 21.9 Å². The Hall–Kier alpha value is -6.03. The number of nitrogen functional groups attached to an aromatic ring is 1. The third kappa shape index (κ3) is 6.84. The maximum Gasteiger partial charge on any atom is 0.296 e. The Morgan fingerprint density at radius 2 is 1.56 bits per heavy atom. The lowest BCUT2D eigenvalue weighted by molar-refractivity contribution is 0.0624. The maximum absolute atomic E-state index is 13.0. The second kappa shape index (κ2) is 14.3. The molecule has 0 atom stereocenters. The van der Waals surface area contributed by atoms with Gasteiger partial charge in [-0.2, -0.15) is 13.5 Å². The molecular weight excluding hydrogens is 687 g/mol. The number of aromatic hydroxyl groups is 1. The summed E-state index contributed by atoms with van der Waals surface area (Å²) in [5.74, 6) is -2.09. The molecule has 5 aromatic carbocycles. The molecule has 2 amide bonds. The summed E-state index contributed by atoms with van der Waals surface area (Å²) in [6, 6.07) is 22.8. The number of hydrogen-bond acceptors (Lipinski definition) is 12.